The van der Waals surface area contributed by atoms with Crippen molar-refractivity contribution >= 4 is 0 Å². The Bertz CT molecular complexity index is 685. The molecule has 0 bridgehead atoms. The van der Waals surface area contributed by atoms with Crippen molar-refractivity contribution in [1.29, 1.82) is 0 Å². The largest absolute Gasteiger partial charge is 0.497 e. The first kappa shape index (κ1) is 16.8. The zero-order chi connectivity index (χ0) is 16.9. The van der Waals surface area contributed by atoms with Crippen LogP contribution >= 0.6 is 0 Å². The van der Waals surface area contributed by atoms with Crippen LogP contribution in [0.3, 0.4) is 0 Å². The first-order chi connectivity index (χ1) is 11.7. The smallest absolute Gasteiger partial charge is 0.122 e. The maximum absolute atomic E-state index is 5.57. The third-order valence-corrected chi connectivity index (χ3v) is 4.52. The summed E-state index contributed by atoms with van der Waals surface area (Å²) < 4.78 is 10.9. The van der Waals surface area contributed by atoms with E-state index in [4.69, 9.17) is 9.47 Å². The Labute approximate surface area is 144 Å². The van der Waals surface area contributed by atoms with Crippen LogP contribution < -0.4 is 14.8 Å². The molecule has 0 radical (unpaired) electrons. The lowest BCUT2D eigenvalue weighted by Gasteiger charge is -2.25. The molecule has 0 fully saturated rings. The van der Waals surface area contributed by atoms with E-state index in [1.165, 1.54) is 16.7 Å². The second-order valence-electron chi connectivity index (χ2n) is 6.43. The maximum atomic E-state index is 5.57. The summed E-state index contributed by atoms with van der Waals surface area (Å²) in [5, 5.41) is 3.59. The Hall–Kier alpha value is -2.04. The summed E-state index contributed by atoms with van der Waals surface area (Å²) in [6.45, 7) is 2.56. The number of ether oxygens (including phenoxy) is 2. The molecule has 4 heteroatoms. The lowest BCUT2D eigenvalue weighted by atomic mass is 10.0. The Morgan fingerprint density at radius 3 is 2.88 bits per heavy atom. The number of nitrogens with zero attached hydrogens (tertiary/aromatic N) is 1. The van der Waals surface area contributed by atoms with Gasteiger partial charge in [-0.3, -0.25) is 0 Å². The van der Waals surface area contributed by atoms with Crippen LogP contribution in [0, 0.1) is 0 Å². The van der Waals surface area contributed by atoms with Crippen molar-refractivity contribution in [1.82, 2.24) is 10.2 Å². The van der Waals surface area contributed by atoms with Gasteiger partial charge in [0.25, 0.3) is 0 Å². The zero-order valence-corrected chi connectivity index (χ0v) is 14.7. The minimum atomic E-state index is 0.304. The number of methoxy groups -OCH3 is 1. The van der Waals surface area contributed by atoms with Gasteiger partial charge in [0.2, 0.25) is 0 Å². The molecule has 2 aromatic carbocycles. The Kier molecular flexibility index (Phi) is 5.38. The second-order valence-corrected chi connectivity index (χ2v) is 6.43. The van der Waals surface area contributed by atoms with Crippen molar-refractivity contribution in [2.24, 2.45) is 0 Å². The fourth-order valence-corrected chi connectivity index (χ4v) is 3.15. The van der Waals surface area contributed by atoms with Crippen molar-refractivity contribution in [3.8, 4) is 11.5 Å². The zero-order valence-electron chi connectivity index (χ0n) is 14.7. The summed E-state index contributed by atoms with van der Waals surface area (Å²) in [6, 6.07) is 15.1. The van der Waals surface area contributed by atoms with E-state index in [2.05, 4.69) is 54.6 Å². The molecule has 1 heterocycles. The van der Waals surface area contributed by atoms with E-state index in [0.717, 1.165) is 37.6 Å². The predicted molar refractivity (Wildman–Crippen MR) is 96.8 cm³/mol. The molecule has 0 spiro atoms. The van der Waals surface area contributed by atoms with Crippen LogP contribution in [0.15, 0.2) is 42.5 Å². The minimum absolute atomic E-state index is 0.304. The fourth-order valence-electron chi connectivity index (χ4n) is 3.15. The lowest BCUT2D eigenvalue weighted by Crippen LogP contribution is -2.30. The summed E-state index contributed by atoms with van der Waals surface area (Å²) in [4.78, 5) is 2.23. The molecule has 4 nitrogen and oxygen atoms in total. The topological polar surface area (TPSA) is 33.7 Å². The summed E-state index contributed by atoms with van der Waals surface area (Å²) in [6.07, 6.45) is 1.02. The van der Waals surface area contributed by atoms with Gasteiger partial charge in [0.05, 0.1) is 13.7 Å². The SMILES string of the molecule is COc1cccc(C(CNCc2ccc3c(c2)CCO3)N(C)C)c1. The van der Waals surface area contributed by atoms with Gasteiger partial charge in [-0.1, -0.05) is 24.3 Å². The second kappa shape index (κ2) is 7.69. The molecule has 0 saturated carbocycles. The maximum Gasteiger partial charge on any atom is 0.122 e. The van der Waals surface area contributed by atoms with Crippen LogP contribution in [-0.2, 0) is 13.0 Å². The number of hydrogen-bond acceptors (Lipinski definition) is 4. The number of hydrogen-bond donors (Lipinski definition) is 1. The molecular weight excluding hydrogens is 300 g/mol. The predicted octanol–water partition coefficient (Wildman–Crippen LogP) is 3.02. The number of nitrogens with one attached hydrogen (secondary N) is 1. The summed E-state index contributed by atoms with van der Waals surface area (Å²) in [7, 11) is 5.93. The highest BCUT2D eigenvalue weighted by Crippen LogP contribution is 2.26. The fraction of sp³-hybridized carbons (Fsp3) is 0.400. The standard InChI is InChI=1S/C20H26N2O2/c1-22(2)19(16-5-4-6-18(12-16)23-3)14-21-13-15-7-8-20-17(11-15)9-10-24-20/h4-8,11-12,19,21H,9-10,13-14H2,1-3H3. The van der Waals surface area contributed by atoms with Crippen LogP contribution in [0.4, 0.5) is 0 Å². The van der Waals surface area contributed by atoms with E-state index in [1.54, 1.807) is 7.11 Å². The summed E-state index contributed by atoms with van der Waals surface area (Å²) in [5.41, 5.74) is 3.89. The first-order valence-electron chi connectivity index (χ1n) is 8.43. The van der Waals surface area contributed by atoms with Crippen LogP contribution in [-0.4, -0.2) is 39.3 Å². The number of benzene rings is 2. The van der Waals surface area contributed by atoms with Crippen molar-refractivity contribution in [2.75, 3.05) is 34.4 Å². The average Bonchev–Trinajstić information content (AvgIpc) is 3.06. The summed E-state index contributed by atoms with van der Waals surface area (Å²) >= 11 is 0. The van der Waals surface area contributed by atoms with Crippen molar-refractivity contribution in [3.63, 3.8) is 0 Å². The van der Waals surface area contributed by atoms with E-state index in [-0.39, 0.29) is 0 Å². The van der Waals surface area contributed by atoms with Gasteiger partial charge in [-0.2, -0.15) is 0 Å². The third kappa shape index (κ3) is 3.89. The molecule has 128 valence electrons. The molecular formula is C20H26N2O2. The van der Waals surface area contributed by atoms with Gasteiger partial charge in [-0.15, -0.1) is 0 Å². The molecule has 0 aromatic heterocycles. The first-order valence-corrected chi connectivity index (χ1v) is 8.43. The van der Waals surface area contributed by atoms with Crippen molar-refractivity contribution in [2.45, 2.75) is 19.0 Å². The Balaban J connectivity index is 1.62. The molecule has 0 saturated heterocycles. The van der Waals surface area contributed by atoms with E-state index in [0.29, 0.717) is 6.04 Å². The molecule has 0 aliphatic carbocycles. The van der Waals surface area contributed by atoms with Gasteiger partial charge in [-0.25, -0.2) is 0 Å². The van der Waals surface area contributed by atoms with Crippen molar-refractivity contribution < 1.29 is 9.47 Å². The highest BCUT2D eigenvalue weighted by molar-refractivity contribution is 5.39. The lowest BCUT2D eigenvalue weighted by molar-refractivity contribution is 0.287. The Morgan fingerprint density at radius 2 is 2.08 bits per heavy atom. The van der Waals surface area contributed by atoms with E-state index < -0.39 is 0 Å². The third-order valence-electron chi connectivity index (χ3n) is 4.52. The van der Waals surface area contributed by atoms with Gasteiger partial charge < -0.3 is 19.7 Å². The van der Waals surface area contributed by atoms with E-state index in [9.17, 15) is 0 Å². The molecule has 1 unspecified atom stereocenters. The van der Waals surface area contributed by atoms with E-state index >= 15 is 0 Å². The van der Waals surface area contributed by atoms with Gasteiger partial charge in [0.15, 0.2) is 0 Å². The number of likely N-dealkylation sites (N-methyl/N-ethyl adjacent to an activating group) is 1. The molecule has 1 N–H and O–H groups in total. The summed E-state index contributed by atoms with van der Waals surface area (Å²) in [5.74, 6) is 1.94. The van der Waals surface area contributed by atoms with Gasteiger partial charge >= 0.3 is 0 Å². The quantitative estimate of drug-likeness (QED) is 0.848. The normalized spacial score (nSPS) is 14.3. The van der Waals surface area contributed by atoms with Crippen LogP contribution in [0.5, 0.6) is 11.5 Å². The molecule has 24 heavy (non-hydrogen) atoms. The molecule has 1 atom stereocenters. The molecule has 1 aliphatic rings. The molecule has 0 amide bonds. The number of fused-ring (bicyclic) bond motifs is 1. The molecule has 2 aromatic rings. The molecule has 3 rings (SSSR count). The highest BCUT2D eigenvalue weighted by atomic mass is 16.5. The van der Waals surface area contributed by atoms with E-state index in [1.807, 2.05) is 12.1 Å². The monoisotopic (exact) mass is 326 g/mol. The van der Waals surface area contributed by atoms with Crippen LogP contribution in [0.1, 0.15) is 22.7 Å². The van der Waals surface area contributed by atoms with Gasteiger partial charge in [0, 0.05) is 25.6 Å². The Morgan fingerprint density at radius 1 is 1.21 bits per heavy atom. The highest BCUT2D eigenvalue weighted by Gasteiger charge is 2.15. The average molecular weight is 326 g/mol. The van der Waals surface area contributed by atoms with Crippen LogP contribution in [0.25, 0.3) is 0 Å². The molecule has 1 aliphatic heterocycles. The van der Waals surface area contributed by atoms with Crippen molar-refractivity contribution in [3.05, 3.63) is 59.2 Å². The van der Waals surface area contributed by atoms with Crippen LogP contribution in [0.2, 0.25) is 0 Å². The minimum Gasteiger partial charge on any atom is -0.497 e. The number of rotatable bonds is 7. The van der Waals surface area contributed by atoms with Gasteiger partial charge in [0.1, 0.15) is 11.5 Å². The van der Waals surface area contributed by atoms with Gasteiger partial charge in [-0.05, 0) is 49.0 Å².